The topological polar surface area (TPSA) is 122 Å². The molecule has 3 rings (SSSR count). The highest BCUT2D eigenvalue weighted by atomic mass is 32.2. The van der Waals surface area contributed by atoms with E-state index >= 15 is 0 Å². The van der Waals surface area contributed by atoms with E-state index in [2.05, 4.69) is 5.32 Å². The van der Waals surface area contributed by atoms with Gasteiger partial charge in [0, 0.05) is 44.9 Å². The Morgan fingerprint density at radius 2 is 1.54 bits per heavy atom. The molecule has 0 radical (unpaired) electrons. The molecule has 0 unspecified atom stereocenters. The molecule has 12 heteroatoms. The third-order valence-electron chi connectivity index (χ3n) is 6.06. The molecule has 0 spiro atoms. The highest BCUT2D eigenvalue weighted by molar-refractivity contribution is 7.89. The van der Waals surface area contributed by atoms with Gasteiger partial charge in [0.2, 0.25) is 26.0 Å². The Morgan fingerprint density at radius 1 is 0.943 bits per heavy atom. The second kappa shape index (κ2) is 10.5. The van der Waals surface area contributed by atoms with Crippen LogP contribution in [-0.4, -0.2) is 72.8 Å². The van der Waals surface area contributed by atoms with Crippen LogP contribution in [0.5, 0.6) is 11.5 Å². The zero-order valence-corrected chi connectivity index (χ0v) is 22.1. The minimum absolute atomic E-state index is 0.0826. The molecule has 1 N–H and O–H groups in total. The molecular formula is C23H31N3O7S2. The average Bonchev–Trinajstić information content (AvgIpc) is 2.84. The van der Waals surface area contributed by atoms with E-state index in [1.807, 2.05) is 0 Å². The summed E-state index contributed by atoms with van der Waals surface area (Å²) in [4.78, 5) is 13.1. The number of amides is 1. The number of benzene rings is 2. The highest BCUT2D eigenvalue weighted by Gasteiger charge is 2.33. The molecule has 0 bridgehead atoms. The predicted octanol–water partition coefficient (Wildman–Crippen LogP) is 2.30. The fourth-order valence-electron chi connectivity index (χ4n) is 3.83. The first kappa shape index (κ1) is 26.9. The van der Waals surface area contributed by atoms with Gasteiger partial charge in [-0.15, -0.1) is 0 Å². The Bertz CT molecular complexity index is 1300. The van der Waals surface area contributed by atoms with Crippen molar-refractivity contribution in [1.82, 2.24) is 8.61 Å². The maximum Gasteiger partial charge on any atom is 0.243 e. The highest BCUT2D eigenvalue weighted by Crippen LogP contribution is 2.32. The third-order valence-corrected chi connectivity index (χ3v) is 9.77. The van der Waals surface area contributed by atoms with Crippen molar-refractivity contribution in [2.75, 3.05) is 46.7 Å². The van der Waals surface area contributed by atoms with Crippen molar-refractivity contribution in [1.29, 1.82) is 0 Å². The summed E-state index contributed by atoms with van der Waals surface area (Å²) in [6, 6.07) is 9.01. The Labute approximate surface area is 206 Å². The number of piperidine rings is 1. The van der Waals surface area contributed by atoms with Gasteiger partial charge in [0.05, 0.1) is 24.0 Å². The van der Waals surface area contributed by atoms with Gasteiger partial charge in [-0.1, -0.05) is 6.07 Å². The third kappa shape index (κ3) is 5.61. The second-order valence-electron chi connectivity index (χ2n) is 8.45. The van der Waals surface area contributed by atoms with Gasteiger partial charge in [-0.3, -0.25) is 4.79 Å². The molecule has 0 saturated carbocycles. The van der Waals surface area contributed by atoms with Crippen LogP contribution in [-0.2, 0) is 24.8 Å². The number of ether oxygens (including phenoxy) is 2. The lowest BCUT2D eigenvalue weighted by atomic mass is 9.97. The molecule has 1 saturated heterocycles. The van der Waals surface area contributed by atoms with Crippen molar-refractivity contribution in [2.24, 2.45) is 5.92 Å². The molecule has 192 valence electrons. The molecule has 35 heavy (non-hydrogen) atoms. The Balaban J connectivity index is 1.70. The number of carbonyl (C=O) groups excluding carboxylic acids is 1. The number of sulfonamides is 2. The Hall–Kier alpha value is -2.67. The number of hydrogen-bond acceptors (Lipinski definition) is 7. The van der Waals surface area contributed by atoms with Crippen LogP contribution in [0.1, 0.15) is 18.4 Å². The van der Waals surface area contributed by atoms with Crippen LogP contribution in [0, 0.1) is 12.8 Å². The fraction of sp³-hybridized carbons (Fsp3) is 0.435. The molecule has 1 aliphatic heterocycles. The zero-order chi connectivity index (χ0) is 26.0. The quantitative estimate of drug-likeness (QED) is 0.561. The van der Waals surface area contributed by atoms with E-state index in [9.17, 15) is 21.6 Å². The van der Waals surface area contributed by atoms with Crippen molar-refractivity contribution in [3.8, 4) is 11.5 Å². The van der Waals surface area contributed by atoms with Gasteiger partial charge in [0.1, 0.15) is 0 Å². The number of carbonyl (C=O) groups is 1. The monoisotopic (exact) mass is 525 g/mol. The number of hydrogen-bond donors (Lipinski definition) is 1. The Kier molecular flexibility index (Phi) is 8.10. The van der Waals surface area contributed by atoms with E-state index in [0.717, 1.165) is 9.87 Å². The molecule has 1 amide bonds. The molecule has 0 aromatic heterocycles. The zero-order valence-electron chi connectivity index (χ0n) is 20.4. The van der Waals surface area contributed by atoms with Crippen LogP contribution in [0.4, 0.5) is 5.69 Å². The first-order chi connectivity index (χ1) is 16.4. The maximum atomic E-state index is 13.1. The minimum atomic E-state index is -3.77. The van der Waals surface area contributed by atoms with Crippen molar-refractivity contribution in [2.45, 2.75) is 29.6 Å². The van der Waals surface area contributed by atoms with Crippen molar-refractivity contribution >= 4 is 31.6 Å². The predicted molar refractivity (Wildman–Crippen MR) is 132 cm³/mol. The van der Waals surface area contributed by atoms with Crippen LogP contribution < -0.4 is 14.8 Å². The molecular weight excluding hydrogens is 494 g/mol. The van der Waals surface area contributed by atoms with Crippen LogP contribution in [0.15, 0.2) is 46.2 Å². The number of nitrogens with zero attached hydrogens (tertiary/aromatic N) is 2. The van der Waals surface area contributed by atoms with Crippen LogP contribution in [0.2, 0.25) is 0 Å². The van der Waals surface area contributed by atoms with Crippen molar-refractivity contribution in [3.05, 3.63) is 42.0 Å². The summed E-state index contributed by atoms with van der Waals surface area (Å²) in [6.07, 6.45) is 0.681. The Morgan fingerprint density at radius 3 is 2.11 bits per heavy atom. The standard InChI is InChI=1S/C23H31N3O7S2/c1-16-6-7-18(34(28,29)25(2)3)14-20(16)24-23(27)17-10-12-26(13-11-17)35(30,31)19-8-9-21(32-4)22(15-19)33-5/h6-9,14-15,17H,10-13H2,1-5H3,(H,24,27). The van der Waals surface area contributed by atoms with Gasteiger partial charge in [-0.25, -0.2) is 21.1 Å². The van der Waals surface area contributed by atoms with Gasteiger partial charge >= 0.3 is 0 Å². The molecule has 2 aromatic carbocycles. The minimum Gasteiger partial charge on any atom is -0.493 e. The summed E-state index contributed by atoms with van der Waals surface area (Å²) in [7, 11) is -1.62. The largest absolute Gasteiger partial charge is 0.493 e. The summed E-state index contributed by atoms with van der Waals surface area (Å²) in [5, 5.41) is 2.82. The summed E-state index contributed by atoms with van der Waals surface area (Å²) in [5.41, 5.74) is 1.14. The van der Waals surface area contributed by atoms with Crippen LogP contribution in [0.3, 0.4) is 0 Å². The number of aryl methyl sites for hydroxylation is 1. The van der Waals surface area contributed by atoms with Crippen LogP contribution >= 0.6 is 0 Å². The van der Waals surface area contributed by atoms with Gasteiger partial charge < -0.3 is 14.8 Å². The van der Waals surface area contributed by atoms with E-state index in [-0.39, 0.29) is 28.8 Å². The van der Waals surface area contributed by atoms with E-state index in [1.165, 1.54) is 56.9 Å². The van der Waals surface area contributed by atoms with E-state index in [0.29, 0.717) is 30.0 Å². The lowest BCUT2D eigenvalue weighted by molar-refractivity contribution is -0.120. The van der Waals surface area contributed by atoms with E-state index < -0.39 is 26.0 Å². The molecule has 1 aliphatic rings. The van der Waals surface area contributed by atoms with Gasteiger partial charge in [-0.2, -0.15) is 4.31 Å². The van der Waals surface area contributed by atoms with E-state index in [1.54, 1.807) is 19.1 Å². The van der Waals surface area contributed by atoms with E-state index in [4.69, 9.17) is 9.47 Å². The van der Waals surface area contributed by atoms with Gasteiger partial charge in [-0.05, 0) is 49.6 Å². The van der Waals surface area contributed by atoms with Crippen molar-refractivity contribution in [3.63, 3.8) is 0 Å². The lowest BCUT2D eigenvalue weighted by Gasteiger charge is -2.30. The summed E-state index contributed by atoms with van der Waals surface area (Å²) in [5.74, 6) is 0.0762. The molecule has 1 heterocycles. The number of nitrogens with one attached hydrogen (secondary N) is 1. The number of rotatable bonds is 8. The second-order valence-corrected chi connectivity index (χ2v) is 12.5. The molecule has 1 fully saturated rings. The summed E-state index contributed by atoms with van der Waals surface area (Å²) >= 11 is 0. The smallest absolute Gasteiger partial charge is 0.243 e. The molecule has 2 aromatic rings. The first-order valence-corrected chi connectivity index (χ1v) is 13.9. The number of anilines is 1. The fourth-order valence-corrected chi connectivity index (χ4v) is 6.24. The van der Waals surface area contributed by atoms with Gasteiger partial charge in [0.25, 0.3) is 0 Å². The normalized spacial score (nSPS) is 15.7. The SMILES string of the molecule is COc1ccc(S(=O)(=O)N2CCC(C(=O)Nc3cc(S(=O)(=O)N(C)C)ccc3C)CC2)cc1OC. The molecule has 0 atom stereocenters. The molecule has 0 aliphatic carbocycles. The summed E-state index contributed by atoms with van der Waals surface area (Å²) in [6.45, 7) is 2.14. The maximum absolute atomic E-state index is 13.1. The first-order valence-electron chi connectivity index (χ1n) is 11.0. The van der Waals surface area contributed by atoms with Crippen molar-refractivity contribution < 1.29 is 31.1 Å². The summed E-state index contributed by atoms with van der Waals surface area (Å²) < 4.78 is 64.0. The molecule has 10 nitrogen and oxygen atoms in total. The number of methoxy groups -OCH3 is 2. The lowest BCUT2D eigenvalue weighted by Crippen LogP contribution is -2.41. The van der Waals surface area contributed by atoms with Gasteiger partial charge in [0.15, 0.2) is 11.5 Å². The van der Waals surface area contributed by atoms with Crippen LogP contribution in [0.25, 0.3) is 0 Å². The average molecular weight is 526 g/mol.